The van der Waals surface area contributed by atoms with Gasteiger partial charge in [-0.2, -0.15) is 18.4 Å². The Morgan fingerprint density at radius 1 is 1.16 bits per heavy atom. The van der Waals surface area contributed by atoms with Gasteiger partial charge in [-0.05, 0) is 71.2 Å². The molecule has 3 atom stereocenters. The largest absolute Gasteiger partial charge is 0.460 e. The highest BCUT2D eigenvalue weighted by atomic mass is 32.2. The molecule has 0 N–H and O–H groups in total. The van der Waals surface area contributed by atoms with E-state index < -0.39 is 39.5 Å². The Hall–Kier alpha value is -2.89. The fraction of sp³-hybridized carbons (Fsp3) is 0.594. The third kappa shape index (κ3) is 11.3. The third-order valence-corrected chi connectivity index (χ3v) is 7.13. The Morgan fingerprint density at radius 2 is 1.84 bits per heavy atom. The van der Waals surface area contributed by atoms with Gasteiger partial charge in [-0.1, -0.05) is 45.3 Å². The van der Waals surface area contributed by atoms with Crippen LogP contribution in [0, 0.1) is 5.82 Å². The molecule has 1 aliphatic heterocycles. The highest BCUT2D eigenvalue weighted by Crippen LogP contribution is 2.35. The second-order valence-electron chi connectivity index (χ2n) is 12.5. The van der Waals surface area contributed by atoms with Crippen molar-refractivity contribution < 1.29 is 36.0 Å². The minimum atomic E-state index is -3.90. The molecule has 1 aromatic carbocycles. The molecular formula is C32H45FN2O7S. The van der Waals surface area contributed by atoms with E-state index in [2.05, 4.69) is 16.9 Å². The van der Waals surface area contributed by atoms with Crippen LogP contribution in [-0.2, 0) is 29.1 Å². The first-order valence-electron chi connectivity index (χ1n) is 14.8. The molecule has 0 radical (unpaired) electrons. The lowest BCUT2D eigenvalue weighted by atomic mass is 9.92. The van der Waals surface area contributed by atoms with Crippen LogP contribution < -0.4 is 4.18 Å². The van der Waals surface area contributed by atoms with Crippen molar-refractivity contribution >= 4 is 22.2 Å². The first kappa shape index (κ1) is 34.6. The normalized spacial score (nSPS) is 19.7. The summed E-state index contributed by atoms with van der Waals surface area (Å²) >= 11 is 0. The summed E-state index contributed by atoms with van der Waals surface area (Å²) in [5.41, 5.74) is 1.62. The number of hydrogen-bond donors (Lipinski definition) is 0. The fourth-order valence-corrected chi connectivity index (χ4v) is 5.35. The van der Waals surface area contributed by atoms with E-state index in [9.17, 15) is 17.6 Å². The van der Waals surface area contributed by atoms with Crippen LogP contribution in [0.25, 0.3) is 17.3 Å². The van der Waals surface area contributed by atoms with Crippen LogP contribution in [0.3, 0.4) is 0 Å². The van der Waals surface area contributed by atoms with Crippen LogP contribution >= 0.6 is 0 Å². The zero-order valence-corrected chi connectivity index (χ0v) is 27.3. The second-order valence-corrected chi connectivity index (χ2v) is 14.1. The molecule has 1 aromatic heterocycles. The summed E-state index contributed by atoms with van der Waals surface area (Å²) in [5.74, 6) is -1.79. The van der Waals surface area contributed by atoms with E-state index in [-0.39, 0.29) is 24.3 Å². The predicted molar refractivity (Wildman–Crippen MR) is 163 cm³/mol. The average Bonchev–Trinajstić information content (AvgIpc) is 2.85. The molecule has 2 aromatic rings. The molecule has 1 aliphatic rings. The van der Waals surface area contributed by atoms with Gasteiger partial charge in [-0.25, -0.2) is 4.39 Å². The topological polar surface area (TPSA) is 114 Å². The van der Waals surface area contributed by atoms with Gasteiger partial charge in [-0.3, -0.25) is 4.79 Å². The molecule has 2 heterocycles. The van der Waals surface area contributed by atoms with Crippen LogP contribution in [-0.4, -0.2) is 54.2 Å². The standard InChI is InChI=1S/C32H45FN2O7S/c1-9-10-11-12-21(2)28-26(29(22-13-15-23(33)16-14-22)35-30(34-28)42-43(8,37)38)18-17-24-19-25(40-32(6,7)39-24)20-27(36)41-31(3,4)5/h13-18,21,24-25H,9-12,19-20H2,1-8H3. The maximum atomic E-state index is 13.9. The number of nitrogens with zero attached hydrogens (tertiary/aromatic N) is 2. The van der Waals surface area contributed by atoms with Crippen molar-refractivity contribution in [3.05, 3.63) is 47.4 Å². The van der Waals surface area contributed by atoms with E-state index in [0.717, 1.165) is 31.9 Å². The van der Waals surface area contributed by atoms with Gasteiger partial charge < -0.3 is 18.4 Å². The van der Waals surface area contributed by atoms with Crippen molar-refractivity contribution in [1.29, 1.82) is 0 Å². The van der Waals surface area contributed by atoms with Gasteiger partial charge in [0.1, 0.15) is 11.4 Å². The smallest absolute Gasteiger partial charge is 0.333 e. The molecule has 3 unspecified atom stereocenters. The van der Waals surface area contributed by atoms with Crippen molar-refractivity contribution in [2.45, 2.75) is 117 Å². The molecular weight excluding hydrogens is 575 g/mol. The Kier molecular flexibility index (Phi) is 11.5. The summed E-state index contributed by atoms with van der Waals surface area (Å²) in [6.45, 7) is 13.2. The third-order valence-electron chi connectivity index (χ3n) is 6.68. The Morgan fingerprint density at radius 3 is 2.44 bits per heavy atom. The molecule has 238 valence electrons. The minimum absolute atomic E-state index is 0.0673. The summed E-state index contributed by atoms with van der Waals surface area (Å²) in [5, 5.41) is 0. The van der Waals surface area contributed by atoms with E-state index >= 15 is 0 Å². The van der Waals surface area contributed by atoms with Gasteiger partial charge in [-0.15, -0.1) is 0 Å². The second kappa shape index (κ2) is 14.3. The molecule has 0 amide bonds. The number of aromatic nitrogens is 2. The Bertz CT molecular complexity index is 1390. The molecule has 9 nitrogen and oxygen atoms in total. The zero-order chi connectivity index (χ0) is 32.0. The molecule has 1 fully saturated rings. The highest BCUT2D eigenvalue weighted by Gasteiger charge is 2.36. The van der Waals surface area contributed by atoms with Crippen LogP contribution in [0.2, 0.25) is 0 Å². The maximum Gasteiger partial charge on any atom is 0.333 e. The number of ether oxygens (including phenoxy) is 3. The van der Waals surface area contributed by atoms with Crippen molar-refractivity contribution in [1.82, 2.24) is 9.97 Å². The van der Waals surface area contributed by atoms with E-state index in [1.165, 1.54) is 12.1 Å². The molecule has 0 bridgehead atoms. The number of carbonyl (C=O) groups is 1. The summed E-state index contributed by atoms with van der Waals surface area (Å²) in [6.07, 6.45) is 8.15. The van der Waals surface area contributed by atoms with Crippen LogP contribution in [0.15, 0.2) is 30.3 Å². The van der Waals surface area contributed by atoms with Crippen LogP contribution in [0.1, 0.15) is 104 Å². The number of halogens is 1. The van der Waals surface area contributed by atoms with E-state index in [0.29, 0.717) is 28.9 Å². The summed E-state index contributed by atoms with van der Waals surface area (Å²) in [6, 6.07) is 5.50. The lowest BCUT2D eigenvalue weighted by Gasteiger charge is -2.39. The number of rotatable bonds is 12. The van der Waals surface area contributed by atoms with Crippen molar-refractivity contribution in [2.75, 3.05) is 6.26 Å². The van der Waals surface area contributed by atoms with Crippen LogP contribution in [0.5, 0.6) is 6.01 Å². The number of esters is 1. The SMILES string of the molecule is CCCCCC(C)c1nc(OS(C)(=O)=O)nc(-c2ccc(F)cc2)c1C=CC1CC(CC(=O)OC(C)(C)C)OC(C)(C)O1. The number of benzene rings is 1. The lowest BCUT2D eigenvalue weighted by molar-refractivity contribution is -0.290. The first-order chi connectivity index (χ1) is 19.9. The molecule has 3 rings (SSSR count). The van der Waals surface area contributed by atoms with Gasteiger partial charge in [0.15, 0.2) is 5.79 Å². The first-order valence-corrected chi connectivity index (χ1v) is 16.6. The summed E-state index contributed by atoms with van der Waals surface area (Å²) in [7, 11) is -3.90. The molecule has 1 saturated heterocycles. The van der Waals surface area contributed by atoms with Gasteiger partial charge in [0.2, 0.25) is 0 Å². The van der Waals surface area contributed by atoms with Crippen molar-refractivity contribution in [2.24, 2.45) is 0 Å². The molecule has 0 aliphatic carbocycles. The maximum absolute atomic E-state index is 13.9. The number of hydrogen-bond acceptors (Lipinski definition) is 9. The predicted octanol–water partition coefficient (Wildman–Crippen LogP) is 6.96. The van der Waals surface area contributed by atoms with Gasteiger partial charge in [0.25, 0.3) is 0 Å². The van der Waals surface area contributed by atoms with Crippen molar-refractivity contribution in [3.8, 4) is 17.3 Å². The van der Waals surface area contributed by atoms with Gasteiger partial charge in [0.05, 0.1) is 36.3 Å². The summed E-state index contributed by atoms with van der Waals surface area (Å²) < 4.78 is 60.7. The number of carbonyl (C=O) groups excluding carboxylic acids is 1. The number of unbranched alkanes of at least 4 members (excludes halogenated alkanes) is 2. The molecule has 0 spiro atoms. The minimum Gasteiger partial charge on any atom is -0.460 e. The Balaban J connectivity index is 2.06. The molecule has 43 heavy (non-hydrogen) atoms. The van der Waals surface area contributed by atoms with E-state index in [1.807, 2.05) is 39.8 Å². The quantitative estimate of drug-likeness (QED) is 0.141. The fourth-order valence-electron chi connectivity index (χ4n) is 5.01. The zero-order valence-electron chi connectivity index (χ0n) is 26.5. The van der Waals surface area contributed by atoms with E-state index in [1.54, 1.807) is 26.0 Å². The Labute approximate surface area is 255 Å². The van der Waals surface area contributed by atoms with Gasteiger partial charge in [0, 0.05) is 17.5 Å². The van der Waals surface area contributed by atoms with Crippen LogP contribution in [0.4, 0.5) is 4.39 Å². The highest BCUT2D eigenvalue weighted by molar-refractivity contribution is 7.86. The average molecular weight is 621 g/mol. The van der Waals surface area contributed by atoms with E-state index in [4.69, 9.17) is 18.4 Å². The lowest BCUT2D eigenvalue weighted by Crippen LogP contribution is -2.45. The van der Waals surface area contributed by atoms with Crippen molar-refractivity contribution in [3.63, 3.8) is 0 Å². The summed E-state index contributed by atoms with van der Waals surface area (Å²) in [4.78, 5) is 21.6. The van der Waals surface area contributed by atoms with Gasteiger partial charge >= 0.3 is 22.1 Å². The monoisotopic (exact) mass is 620 g/mol. The molecule has 0 saturated carbocycles. The molecule has 11 heteroatoms.